The Hall–Kier alpha value is -3.36. The summed E-state index contributed by atoms with van der Waals surface area (Å²) in [4.78, 5) is 21.5. The van der Waals surface area contributed by atoms with Crippen LogP contribution in [0.25, 0.3) is 16.9 Å². The minimum absolute atomic E-state index is 0.0447. The van der Waals surface area contributed by atoms with Gasteiger partial charge in [-0.15, -0.1) is 5.10 Å². The van der Waals surface area contributed by atoms with Crippen molar-refractivity contribution in [3.63, 3.8) is 0 Å². The van der Waals surface area contributed by atoms with Gasteiger partial charge in [0.15, 0.2) is 5.82 Å². The van der Waals surface area contributed by atoms with Crippen LogP contribution in [0, 0.1) is 0 Å². The summed E-state index contributed by atoms with van der Waals surface area (Å²) in [5.41, 5.74) is -3.63. The van der Waals surface area contributed by atoms with Crippen molar-refractivity contribution < 1.29 is 26.3 Å². The normalized spacial score (nSPS) is 13.3. The molecule has 0 aliphatic heterocycles. The summed E-state index contributed by atoms with van der Waals surface area (Å²) in [6, 6.07) is 1.51. The van der Waals surface area contributed by atoms with Gasteiger partial charge in [0, 0.05) is 24.8 Å². The first kappa shape index (κ1) is 23.8. The van der Waals surface area contributed by atoms with E-state index in [4.69, 9.17) is 0 Å². The Balaban J connectivity index is 1.88. The zero-order chi connectivity index (χ0) is 24.8. The summed E-state index contributed by atoms with van der Waals surface area (Å²) in [5, 5.41) is 3.76. The maximum absolute atomic E-state index is 13.6. The second-order valence-corrected chi connectivity index (χ2v) is 7.81. The van der Waals surface area contributed by atoms with Crippen LogP contribution in [0.15, 0.2) is 41.7 Å². The molecule has 0 bridgehead atoms. The molecule has 1 unspecified atom stereocenters. The minimum atomic E-state index is -5.06. The number of rotatable bonds is 4. The van der Waals surface area contributed by atoms with Crippen LogP contribution in [0.4, 0.5) is 32.2 Å². The van der Waals surface area contributed by atoms with Gasteiger partial charge in [-0.25, -0.2) is 24.9 Å². The molecule has 4 rings (SSSR count). The Labute approximate surface area is 195 Å². The fraction of sp³-hybridized carbons (Fsp3) is 0.263. The molecule has 0 saturated heterocycles. The van der Waals surface area contributed by atoms with Gasteiger partial charge in [0.1, 0.15) is 12.1 Å². The number of hydrogen-bond donors (Lipinski definition) is 0. The summed E-state index contributed by atoms with van der Waals surface area (Å²) in [6.07, 6.45) is -6.26. The molecule has 0 radical (unpaired) electrons. The predicted octanol–water partition coefficient (Wildman–Crippen LogP) is 5.00. The summed E-state index contributed by atoms with van der Waals surface area (Å²) < 4.78 is 82.6. The third-order valence-electron chi connectivity index (χ3n) is 4.99. The minimum Gasteiger partial charge on any atom is -0.349 e. The summed E-state index contributed by atoms with van der Waals surface area (Å²) in [7, 11) is 1.46. The zero-order valence-corrected chi connectivity index (χ0v) is 18.9. The Morgan fingerprint density at radius 1 is 0.971 bits per heavy atom. The first-order valence-corrected chi connectivity index (χ1v) is 10.2. The monoisotopic (exact) mass is 546 g/mol. The van der Waals surface area contributed by atoms with Crippen LogP contribution in [0.1, 0.15) is 29.9 Å². The van der Waals surface area contributed by atoms with E-state index in [1.54, 1.807) is 13.0 Å². The van der Waals surface area contributed by atoms with Crippen molar-refractivity contribution in [1.29, 1.82) is 0 Å². The number of alkyl halides is 6. The van der Waals surface area contributed by atoms with E-state index in [1.807, 2.05) is 0 Å². The van der Waals surface area contributed by atoms with Crippen molar-refractivity contribution in [3.8, 4) is 5.95 Å². The van der Waals surface area contributed by atoms with E-state index in [2.05, 4.69) is 45.9 Å². The predicted molar refractivity (Wildman–Crippen MR) is 111 cm³/mol. The van der Waals surface area contributed by atoms with E-state index in [0.717, 1.165) is 6.33 Å². The lowest BCUT2D eigenvalue weighted by Gasteiger charge is -2.26. The lowest BCUT2D eigenvalue weighted by Crippen LogP contribution is -2.26. The molecule has 15 heteroatoms. The van der Waals surface area contributed by atoms with Crippen LogP contribution in [-0.4, -0.2) is 41.7 Å². The highest BCUT2D eigenvalue weighted by Gasteiger charge is 2.39. The lowest BCUT2D eigenvalue weighted by atomic mass is 10.0. The topological polar surface area (TPSA) is 85.5 Å². The molecule has 1 aromatic carbocycles. The van der Waals surface area contributed by atoms with Gasteiger partial charge in [-0.1, -0.05) is 0 Å². The van der Waals surface area contributed by atoms with Gasteiger partial charge < -0.3 is 4.90 Å². The van der Waals surface area contributed by atoms with Crippen molar-refractivity contribution in [2.75, 3.05) is 11.9 Å². The van der Waals surface area contributed by atoms with Gasteiger partial charge in [-0.2, -0.15) is 31.0 Å². The molecule has 0 spiro atoms. The van der Waals surface area contributed by atoms with Crippen LogP contribution >= 0.6 is 15.9 Å². The first-order valence-electron chi connectivity index (χ1n) is 9.43. The maximum Gasteiger partial charge on any atom is 0.418 e. The van der Waals surface area contributed by atoms with E-state index >= 15 is 0 Å². The third kappa shape index (κ3) is 4.38. The van der Waals surface area contributed by atoms with Crippen LogP contribution in [0.3, 0.4) is 0 Å². The van der Waals surface area contributed by atoms with Crippen molar-refractivity contribution in [3.05, 3.63) is 58.6 Å². The third-order valence-corrected chi connectivity index (χ3v) is 5.32. The van der Waals surface area contributed by atoms with E-state index in [9.17, 15) is 26.3 Å². The molecule has 3 heterocycles. The molecule has 0 N–H and O–H groups in total. The largest absolute Gasteiger partial charge is 0.418 e. The Morgan fingerprint density at radius 3 is 2.26 bits per heavy atom. The van der Waals surface area contributed by atoms with E-state index < -0.39 is 40.4 Å². The number of aromatic nitrogens is 7. The number of halogens is 7. The molecule has 0 fully saturated rings. The van der Waals surface area contributed by atoms with Crippen molar-refractivity contribution in [1.82, 2.24) is 34.7 Å². The molecular formula is C19H13BrF6N8. The SMILES string of the molecule is CC(c1nc(Br)nn1-c1ncccn1)N(C)c1ncnc2c(C(F)(F)F)cc(C(F)(F)F)cc12. The summed E-state index contributed by atoms with van der Waals surface area (Å²) in [6.45, 7) is 1.63. The Bertz CT molecular complexity index is 1340. The smallest absolute Gasteiger partial charge is 0.349 e. The van der Waals surface area contributed by atoms with Gasteiger partial charge in [-0.05, 0) is 41.1 Å². The molecule has 0 amide bonds. The van der Waals surface area contributed by atoms with Crippen LogP contribution in [0.5, 0.6) is 0 Å². The Morgan fingerprint density at radius 2 is 1.65 bits per heavy atom. The van der Waals surface area contributed by atoms with E-state index in [1.165, 1.54) is 29.0 Å². The van der Waals surface area contributed by atoms with Crippen LogP contribution < -0.4 is 4.90 Å². The van der Waals surface area contributed by atoms with E-state index in [-0.39, 0.29) is 28.4 Å². The average molecular weight is 547 g/mol. The van der Waals surface area contributed by atoms with Gasteiger partial charge in [0.2, 0.25) is 4.73 Å². The molecule has 178 valence electrons. The quantitative estimate of drug-likeness (QED) is 0.333. The molecule has 0 saturated carbocycles. The number of anilines is 1. The highest BCUT2D eigenvalue weighted by molar-refractivity contribution is 9.10. The van der Waals surface area contributed by atoms with Gasteiger partial charge in [0.25, 0.3) is 5.95 Å². The van der Waals surface area contributed by atoms with Gasteiger partial charge >= 0.3 is 12.4 Å². The highest BCUT2D eigenvalue weighted by atomic mass is 79.9. The molecule has 34 heavy (non-hydrogen) atoms. The van der Waals surface area contributed by atoms with Crippen LogP contribution in [0.2, 0.25) is 0 Å². The average Bonchev–Trinajstić information content (AvgIpc) is 3.17. The zero-order valence-electron chi connectivity index (χ0n) is 17.3. The van der Waals surface area contributed by atoms with Gasteiger partial charge in [0.05, 0.1) is 22.7 Å². The maximum atomic E-state index is 13.6. The molecule has 0 aliphatic rings. The molecule has 0 aliphatic carbocycles. The van der Waals surface area contributed by atoms with Crippen molar-refractivity contribution >= 4 is 32.7 Å². The van der Waals surface area contributed by atoms with Crippen molar-refractivity contribution in [2.24, 2.45) is 0 Å². The molecule has 3 aromatic heterocycles. The summed E-state index contributed by atoms with van der Waals surface area (Å²) >= 11 is 3.16. The highest BCUT2D eigenvalue weighted by Crippen LogP contribution is 2.41. The number of hydrogen-bond acceptors (Lipinski definition) is 7. The second-order valence-electron chi connectivity index (χ2n) is 7.10. The first-order chi connectivity index (χ1) is 15.9. The second kappa shape index (κ2) is 8.45. The fourth-order valence-electron chi connectivity index (χ4n) is 3.29. The molecule has 1 atom stereocenters. The van der Waals surface area contributed by atoms with Crippen LogP contribution in [-0.2, 0) is 12.4 Å². The molecular weight excluding hydrogens is 534 g/mol. The summed E-state index contributed by atoms with van der Waals surface area (Å²) in [5.74, 6) is 0.270. The Kier molecular flexibility index (Phi) is 5.91. The number of fused-ring (bicyclic) bond motifs is 1. The van der Waals surface area contributed by atoms with E-state index in [0.29, 0.717) is 6.07 Å². The lowest BCUT2D eigenvalue weighted by molar-refractivity contribution is -0.142. The molecule has 4 aromatic rings. The van der Waals surface area contributed by atoms with Crippen molar-refractivity contribution in [2.45, 2.75) is 25.3 Å². The molecule has 8 nitrogen and oxygen atoms in total. The van der Waals surface area contributed by atoms with Gasteiger partial charge in [-0.3, -0.25) is 0 Å². The fourth-order valence-corrected chi connectivity index (χ4v) is 3.63. The standard InChI is InChI=1S/C19H13BrF6N8/c1-9(14-31-16(20)32-34(14)17-27-4-3-5-28-17)33(2)15-11-6-10(18(21,22)23)7-12(19(24,25)26)13(11)29-8-30-15/h3-9H,1-2H3. The number of nitrogens with zero attached hydrogens (tertiary/aromatic N) is 8. The number of benzene rings is 1.